The van der Waals surface area contributed by atoms with Crippen molar-refractivity contribution in [3.05, 3.63) is 64.7 Å². The van der Waals surface area contributed by atoms with Gasteiger partial charge in [0.2, 0.25) is 0 Å². The molecule has 2 aromatic rings. The Balaban J connectivity index is 1.89. The van der Waals surface area contributed by atoms with E-state index in [0.717, 1.165) is 11.3 Å². The van der Waals surface area contributed by atoms with E-state index < -0.39 is 0 Å². The lowest BCUT2D eigenvalue weighted by molar-refractivity contribution is 0.415. The van der Waals surface area contributed by atoms with Gasteiger partial charge in [-0.25, -0.2) is 0 Å². The lowest BCUT2D eigenvalue weighted by Crippen LogP contribution is -1.97. The Labute approximate surface area is 133 Å². The quantitative estimate of drug-likeness (QED) is 0.702. The van der Waals surface area contributed by atoms with Gasteiger partial charge < -0.3 is 4.74 Å². The Hall–Kier alpha value is -2.20. The number of aryl methyl sites for hydroxylation is 1. The lowest BCUT2D eigenvalue weighted by atomic mass is 9.91. The van der Waals surface area contributed by atoms with Crippen molar-refractivity contribution < 1.29 is 4.74 Å². The van der Waals surface area contributed by atoms with Gasteiger partial charge in [0.05, 0.1) is 7.11 Å². The van der Waals surface area contributed by atoms with E-state index in [-0.39, 0.29) is 0 Å². The summed E-state index contributed by atoms with van der Waals surface area (Å²) in [5.74, 6) is 8.23. The summed E-state index contributed by atoms with van der Waals surface area (Å²) < 4.78 is 5.18. The van der Waals surface area contributed by atoms with Crippen LogP contribution in [-0.4, -0.2) is 7.11 Å². The van der Waals surface area contributed by atoms with Gasteiger partial charge >= 0.3 is 0 Å². The molecule has 0 N–H and O–H groups in total. The standard InChI is InChI=1S/C21H22O/c1-16-7-11-19(21(15-16)18-5-3-4-6-18)12-8-17-9-13-20(22-2)14-10-17/h7,9-11,13-15,18H,3-6H2,1-2H3. The predicted octanol–water partition coefficient (Wildman–Crippen LogP) is 5.06. The molecule has 112 valence electrons. The summed E-state index contributed by atoms with van der Waals surface area (Å²) in [5, 5.41) is 0. The number of rotatable bonds is 2. The van der Waals surface area contributed by atoms with Crippen LogP contribution >= 0.6 is 0 Å². The molecule has 0 bridgehead atoms. The Morgan fingerprint density at radius 3 is 2.36 bits per heavy atom. The second-order valence-corrected chi connectivity index (χ2v) is 6.05. The lowest BCUT2D eigenvalue weighted by Gasteiger charge is -2.13. The van der Waals surface area contributed by atoms with E-state index in [4.69, 9.17) is 4.74 Å². The van der Waals surface area contributed by atoms with Crippen LogP contribution < -0.4 is 4.74 Å². The van der Waals surface area contributed by atoms with Gasteiger partial charge in [-0.05, 0) is 61.6 Å². The molecule has 1 aliphatic carbocycles. The molecule has 0 heterocycles. The van der Waals surface area contributed by atoms with Crippen LogP contribution in [0.2, 0.25) is 0 Å². The number of ether oxygens (including phenoxy) is 1. The molecule has 1 saturated carbocycles. The monoisotopic (exact) mass is 290 g/mol. The third kappa shape index (κ3) is 3.34. The highest BCUT2D eigenvalue weighted by molar-refractivity contribution is 5.49. The van der Waals surface area contributed by atoms with Gasteiger partial charge in [0.15, 0.2) is 0 Å². The van der Waals surface area contributed by atoms with Gasteiger partial charge in [0.1, 0.15) is 5.75 Å². The van der Waals surface area contributed by atoms with Crippen molar-refractivity contribution in [1.29, 1.82) is 0 Å². The summed E-state index contributed by atoms with van der Waals surface area (Å²) in [5.41, 5.74) is 4.99. The summed E-state index contributed by atoms with van der Waals surface area (Å²) in [6.45, 7) is 2.17. The van der Waals surface area contributed by atoms with Crippen molar-refractivity contribution in [1.82, 2.24) is 0 Å². The molecular formula is C21H22O. The summed E-state index contributed by atoms with van der Waals surface area (Å²) >= 11 is 0. The van der Waals surface area contributed by atoms with E-state index in [1.807, 2.05) is 24.3 Å². The van der Waals surface area contributed by atoms with Crippen LogP contribution in [-0.2, 0) is 0 Å². The predicted molar refractivity (Wildman–Crippen MR) is 91.4 cm³/mol. The number of methoxy groups -OCH3 is 1. The average Bonchev–Trinajstić information content (AvgIpc) is 3.08. The van der Waals surface area contributed by atoms with Gasteiger partial charge in [0.25, 0.3) is 0 Å². The highest BCUT2D eigenvalue weighted by Crippen LogP contribution is 2.36. The number of hydrogen-bond donors (Lipinski definition) is 0. The maximum absolute atomic E-state index is 5.18. The molecule has 0 aliphatic heterocycles. The van der Waals surface area contributed by atoms with Gasteiger partial charge in [-0.3, -0.25) is 0 Å². The number of benzene rings is 2. The minimum atomic E-state index is 0.695. The zero-order valence-electron chi connectivity index (χ0n) is 13.4. The van der Waals surface area contributed by atoms with Crippen LogP contribution in [0.4, 0.5) is 0 Å². The van der Waals surface area contributed by atoms with Crippen molar-refractivity contribution in [2.75, 3.05) is 7.11 Å². The first-order valence-corrected chi connectivity index (χ1v) is 8.03. The van der Waals surface area contributed by atoms with Crippen molar-refractivity contribution in [3.8, 4) is 17.6 Å². The fraction of sp³-hybridized carbons (Fsp3) is 0.333. The third-order valence-corrected chi connectivity index (χ3v) is 4.43. The summed E-state index contributed by atoms with van der Waals surface area (Å²) in [4.78, 5) is 0. The molecule has 1 heteroatoms. The topological polar surface area (TPSA) is 9.23 Å². The van der Waals surface area contributed by atoms with Crippen LogP contribution in [0.1, 0.15) is 53.9 Å². The van der Waals surface area contributed by atoms with Crippen LogP contribution in [0.5, 0.6) is 5.75 Å². The van der Waals surface area contributed by atoms with Gasteiger partial charge in [-0.2, -0.15) is 0 Å². The fourth-order valence-corrected chi connectivity index (χ4v) is 3.18. The molecule has 0 amide bonds. The molecule has 0 radical (unpaired) electrons. The van der Waals surface area contributed by atoms with Crippen LogP contribution in [0.15, 0.2) is 42.5 Å². The van der Waals surface area contributed by atoms with Gasteiger partial charge in [-0.15, -0.1) is 0 Å². The molecule has 0 atom stereocenters. The fourth-order valence-electron chi connectivity index (χ4n) is 3.18. The first kappa shape index (κ1) is 14.7. The number of hydrogen-bond acceptors (Lipinski definition) is 1. The van der Waals surface area contributed by atoms with E-state index in [1.54, 1.807) is 7.11 Å². The maximum Gasteiger partial charge on any atom is 0.118 e. The molecule has 0 spiro atoms. The molecule has 1 aliphatic rings. The second-order valence-electron chi connectivity index (χ2n) is 6.05. The zero-order chi connectivity index (χ0) is 15.4. The Bertz CT molecular complexity index is 695. The van der Waals surface area contributed by atoms with Crippen LogP contribution in [0, 0.1) is 18.8 Å². The van der Waals surface area contributed by atoms with Crippen LogP contribution in [0.3, 0.4) is 0 Å². The Morgan fingerprint density at radius 1 is 0.955 bits per heavy atom. The van der Waals surface area contributed by atoms with E-state index in [1.165, 1.54) is 42.4 Å². The van der Waals surface area contributed by atoms with Gasteiger partial charge in [0, 0.05) is 11.1 Å². The van der Waals surface area contributed by atoms with Crippen molar-refractivity contribution in [2.24, 2.45) is 0 Å². The normalized spacial score (nSPS) is 14.5. The highest BCUT2D eigenvalue weighted by atomic mass is 16.5. The Morgan fingerprint density at radius 2 is 1.68 bits per heavy atom. The van der Waals surface area contributed by atoms with Crippen molar-refractivity contribution in [3.63, 3.8) is 0 Å². The van der Waals surface area contributed by atoms with Crippen LogP contribution in [0.25, 0.3) is 0 Å². The first-order chi connectivity index (χ1) is 10.8. The summed E-state index contributed by atoms with van der Waals surface area (Å²) in [6.07, 6.45) is 5.31. The van der Waals surface area contributed by atoms with E-state index in [9.17, 15) is 0 Å². The van der Waals surface area contributed by atoms with Gasteiger partial charge in [-0.1, -0.05) is 42.4 Å². The minimum absolute atomic E-state index is 0.695. The second kappa shape index (κ2) is 6.71. The molecule has 0 unspecified atom stereocenters. The summed E-state index contributed by atoms with van der Waals surface area (Å²) in [6, 6.07) is 14.6. The third-order valence-electron chi connectivity index (χ3n) is 4.43. The first-order valence-electron chi connectivity index (χ1n) is 8.03. The molecule has 2 aromatic carbocycles. The molecule has 1 nitrogen and oxygen atoms in total. The molecule has 0 saturated heterocycles. The van der Waals surface area contributed by atoms with Crippen molar-refractivity contribution in [2.45, 2.75) is 38.5 Å². The Kier molecular flexibility index (Phi) is 4.49. The molecule has 0 aromatic heterocycles. The average molecular weight is 290 g/mol. The largest absolute Gasteiger partial charge is 0.497 e. The van der Waals surface area contributed by atoms with E-state index in [2.05, 4.69) is 37.0 Å². The molecule has 22 heavy (non-hydrogen) atoms. The summed E-state index contributed by atoms with van der Waals surface area (Å²) in [7, 11) is 1.68. The highest BCUT2D eigenvalue weighted by Gasteiger charge is 2.19. The molecule has 3 rings (SSSR count). The van der Waals surface area contributed by atoms with E-state index >= 15 is 0 Å². The molecule has 1 fully saturated rings. The molecular weight excluding hydrogens is 268 g/mol. The zero-order valence-corrected chi connectivity index (χ0v) is 13.4. The van der Waals surface area contributed by atoms with E-state index in [0.29, 0.717) is 5.92 Å². The van der Waals surface area contributed by atoms with Crippen molar-refractivity contribution >= 4 is 0 Å². The smallest absolute Gasteiger partial charge is 0.118 e. The SMILES string of the molecule is COc1ccc(C#Cc2ccc(C)cc2C2CCCC2)cc1. The maximum atomic E-state index is 5.18. The minimum Gasteiger partial charge on any atom is -0.497 e.